The first-order chi connectivity index (χ1) is 10.8. The summed E-state index contributed by atoms with van der Waals surface area (Å²) < 4.78 is 6.02. The minimum absolute atomic E-state index is 0.00198. The molecule has 1 heterocycles. The van der Waals surface area contributed by atoms with E-state index in [1.54, 1.807) is 24.3 Å². The Hall–Kier alpha value is -2.39. The van der Waals surface area contributed by atoms with Crippen molar-refractivity contribution >= 4 is 0 Å². The number of aliphatic hydroxyl groups excluding tert-OH is 1. The number of rotatable bonds is 4. The van der Waals surface area contributed by atoms with Gasteiger partial charge in [0.2, 0.25) is 0 Å². The summed E-state index contributed by atoms with van der Waals surface area (Å²) >= 11 is 0. The quantitative estimate of drug-likeness (QED) is 0.799. The van der Waals surface area contributed by atoms with Crippen LogP contribution in [0.3, 0.4) is 0 Å². The van der Waals surface area contributed by atoms with Gasteiger partial charge in [0.15, 0.2) is 0 Å². The Morgan fingerprint density at radius 3 is 2.77 bits per heavy atom. The third-order valence-corrected chi connectivity index (χ3v) is 3.70. The molecule has 2 atom stereocenters. The predicted molar refractivity (Wildman–Crippen MR) is 81.8 cm³/mol. The molecule has 2 aromatic rings. The van der Waals surface area contributed by atoms with E-state index in [1.807, 2.05) is 24.3 Å². The molecule has 0 radical (unpaired) electrons. The predicted octanol–water partition coefficient (Wildman–Crippen LogP) is 1.65. The van der Waals surface area contributed by atoms with Crippen LogP contribution in [0.5, 0.6) is 5.75 Å². The molecular weight excluding hydrogens is 278 g/mol. The van der Waals surface area contributed by atoms with Crippen LogP contribution in [0, 0.1) is 11.3 Å². The fraction of sp³-hybridized carbons (Fsp3) is 0.235. The normalized spacial score (nSPS) is 20.5. The van der Waals surface area contributed by atoms with E-state index in [9.17, 15) is 5.11 Å². The lowest BCUT2D eigenvalue weighted by atomic mass is 10.0. The van der Waals surface area contributed by atoms with Crippen molar-refractivity contribution in [2.45, 2.75) is 18.8 Å². The number of nitrogens with one attached hydrogen (secondary N) is 2. The second-order valence-electron chi connectivity index (χ2n) is 5.20. The van der Waals surface area contributed by atoms with Crippen molar-refractivity contribution in [2.24, 2.45) is 0 Å². The molecule has 0 bridgehead atoms. The third kappa shape index (κ3) is 3.10. The largest absolute Gasteiger partial charge is 0.487 e. The van der Waals surface area contributed by atoms with E-state index < -0.39 is 0 Å². The van der Waals surface area contributed by atoms with Crippen LogP contribution in [0.1, 0.15) is 22.7 Å². The molecule has 1 aliphatic rings. The van der Waals surface area contributed by atoms with Crippen LogP contribution in [0.2, 0.25) is 0 Å². The van der Waals surface area contributed by atoms with Crippen LogP contribution >= 0.6 is 0 Å². The highest BCUT2D eigenvalue weighted by molar-refractivity contribution is 5.35. The van der Waals surface area contributed by atoms with Crippen LogP contribution in [-0.2, 0) is 6.61 Å². The zero-order valence-corrected chi connectivity index (χ0v) is 12.0. The molecule has 112 valence electrons. The van der Waals surface area contributed by atoms with Gasteiger partial charge in [-0.3, -0.25) is 5.43 Å². The molecule has 3 rings (SSSR count). The highest BCUT2D eigenvalue weighted by Crippen LogP contribution is 2.25. The molecule has 1 fully saturated rings. The summed E-state index contributed by atoms with van der Waals surface area (Å²) in [6.07, 6.45) is -0.0677. The Kier molecular flexibility index (Phi) is 4.35. The number of aliphatic hydroxyl groups is 1. The van der Waals surface area contributed by atoms with E-state index in [0.717, 1.165) is 16.9 Å². The van der Waals surface area contributed by atoms with E-state index >= 15 is 0 Å². The maximum Gasteiger partial charge on any atom is 0.133 e. The summed E-state index contributed by atoms with van der Waals surface area (Å²) in [6, 6.07) is 17.0. The molecule has 5 heteroatoms. The number of hydrazine groups is 1. The van der Waals surface area contributed by atoms with Crippen LogP contribution < -0.4 is 15.6 Å². The number of benzene rings is 2. The molecular formula is C17H17N3O2. The summed E-state index contributed by atoms with van der Waals surface area (Å²) in [6.45, 7) is 0.698. The smallest absolute Gasteiger partial charge is 0.133 e. The third-order valence-electron chi connectivity index (χ3n) is 3.70. The van der Waals surface area contributed by atoms with Crippen molar-refractivity contribution in [1.82, 2.24) is 10.9 Å². The minimum Gasteiger partial charge on any atom is -0.487 e. The SMILES string of the molecule is N#Cc1ccc(OC2CNNC2c2cccc(CO)c2)cc1. The lowest BCUT2D eigenvalue weighted by molar-refractivity contribution is 0.197. The first-order valence-corrected chi connectivity index (χ1v) is 7.15. The van der Waals surface area contributed by atoms with Crippen LogP contribution in [0.25, 0.3) is 0 Å². The summed E-state index contributed by atoms with van der Waals surface area (Å²) in [5.41, 5.74) is 8.88. The topological polar surface area (TPSA) is 77.3 Å². The second kappa shape index (κ2) is 6.58. The Balaban J connectivity index is 1.76. The number of hydrogen-bond donors (Lipinski definition) is 3. The zero-order valence-electron chi connectivity index (χ0n) is 12.0. The summed E-state index contributed by atoms with van der Waals surface area (Å²) in [5.74, 6) is 0.734. The Morgan fingerprint density at radius 1 is 1.23 bits per heavy atom. The van der Waals surface area contributed by atoms with Crippen molar-refractivity contribution < 1.29 is 9.84 Å². The van der Waals surface area contributed by atoms with Crippen LogP contribution in [-0.4, -0.2) is 17.8 Å². The van der Waals surface area contributed by atoms with E-state index in [1.165, 1.54) is 0 Å². The molecule has 3 N–H and O–H groups in total. The maximum atomic E-state index is 9.26. The molecule has 0 aliphatic carbocycles. The van der Waals surface area contributed by atoms with Gasteiger partial charge in [-0.2, -0.15) is 5.26 Å². The molecule has 22 heavy (non-hydrogen) atoms. The van der Waals surface area contributed by atoms with Gasteiger partial charge in [0.1, 0.15) is 11.9 Å². The Morgan fingerprint density at radius 2 is 2.05 bits per heavy atom. The zero-order chi connectivity index (χ0) is 15.4. The van der Waals surface area contributed by atoms with E-state index in [-0.39, 0.29) is 18.8 Å². The molecule has 5 nitrogen and oxygen atoms in total. The van der Waals surface area contributed by atoms with Gasteiger partial charge in [-0.25, -0.2) is 5.43 Å². The summed E-state index contributed by atoms with van der Waals surface area (Å²) in [4.78, 5) is 0. The average molecular weight is 295 g/mol. The number of nitrogens with zero attached hydrogens (tertiary/aromatic N) is 1. The van der Waals surface area contributed by atoms with Crippen molar-refractivity contribution in [3.8, 4) is 11.8 Å². The van der Waals surface area contributed by atoms with Gasteiger partial charge in [0.25, 0.3) is 0 Å². The van der Waals surface area contributed by atoms with E-state index in [0.29, 0.717) is 12.1 Å². The van der Waals surface area contributed by atoms with Crippen LogP contribution in [0.4, 0.5) is 0 Å². The standard InChI is InChI=1S/C17H17N3O2/c18-9-12-4-6-15(7-5-12)22-16-10-19-20-17(16)14-3-1-2-13(8-14)11-21/h1-8,16-17,19-21H,10-11H2. The molecule has 2 aromatic carbocycles. The lowest BCUT2D eigenvalue weighted by Crippen LogP contribution is -2.28. The molecule has 0 saturated carbocycles. The van der Waals surface area contributed by atoms with E-state index in [4.69, 9.17) is 10.00 Å². The molecule has 0 amide bonds. The van der Waals surface area contributed by atoms with Gasteiger partial charge in [0.05, 0.1) is 24.3 Å². The van der Waals surface area contributed by atoms with Gasteiger partial charge in [0, 0.05) is 6.54 Å². The first kappa shape index (κ1) is 14.5. The van der Waals surface area contributed by atoms with Gasteiger partial charge in [-0.05, 0) is 35.4 Å². The van der Waals surface area contributed by atoms with Gasteiger partial charge < -0.3 is 9.84 Å². The van der Waals surface area contributed by atoms with Gasteiger partial charge in [-0.15, -0.1) is 0 Å². The van der Waals surface area contributed by atoms with Gasteiger partial charge in [-0.1, -0.05) is 24.3 Å². The highest BCUT2D eigenvalue weighted by atomic mass is 16.5. The van der Waals surface area contributed by atoms with Crippen molar-refractivity contribution in [2.75, 3.05) is 6.54 Å². The van der Waals surface area contributed by atoms with Crippen LogP contribution in [0.15, 0.2) is 48.5 Å². The Labute approximate surface area is 129 Å². The molecule has 1 aliphatic heterocycles. The number of hydrogen-bond acceptors (Lipinski definition) is 5. The van der Waals surface area contributed by atoms with Crippen molar-refractivity contribution in [3.05, 3.63) is 65.2 Å². The lowest BCUT2D eigenvalue weighted by Gasteiger charge is -2.21. The minimum atomic E-state index is -0.0677. The number of ether oxygens (including phenoxy) is 1. The van der Waals surface area contributed by atoms with E-state index in [2.05, 4.69) is 16.9 Å². The highest BCUT2D eigenvalue weighted by Gasteiger charge is 2.30. The van der Waals surface area contributed by atoms with Crippen molar-refractivity contribution in [1.29, 1.82) is 5.26 Å². The summed E-state index contributed by atoms with van der Waals surface area (Å²) in [7, 11) is 0. The molecule has 0 aromatic heterocycles. The molecule has 1 saturated heterocycles. The first-order valence-electron chi connectivity index (χ1n) is 7.15. The molecule has 2 unspecified atom stereocenters. The molecule has 0 spiro atoms. The second-order valence-corrected chi connectivity index (χ2v) is 5.20. The number of nitriles is 1. The average Bonchev–Trinajstić information content (AvgIpc) is 3.04. The fourth-order valence-corrected chi connectivity index (χ4v) is 2.56. The Bertz CT molecular complexity index is 679. The fourth-order valence-electron chi connectivity index (χ4n) is 2.56. The van der Waals surface area contributed by atoms with Crippen molar-refractivity contribution in [3.63, 3.8) is 0 Å². The van der Waals surface area contributed by atoms with Gasteiger partial charge >= 0.3 is 0 Å². The summed E-state index contributed by atoms with van der Waals surface area (Å²) in [5, 5.41) is 18.1. The monoisotopic (exact) mass is 295 g/mol. The maximum absolute atomic E-state index is 9.26.